The highest BCUT2D eigenvalue weighted by Gasteiger charge is 2.12. The molecule has 0 spiro atoms. The van der Waals surface area contributed by atoms with Gasteiger partial charge >= 0.3 is 0 Å². The monoisotopic (exact) mass is 340 g/mol. The fraction of sp³-hybridized carbons (Fsp3) is 0.250. The molecule has 2 rings (SSSR count). The first-order chi connectivity index (χ1) is 9.38. The lowest BCUT2D eigenvalue weighted by Gasteiger charge is -2.13. The zero-order valence-corrected chi connectivity index (χ0v) is 13.1. The van der Waals surface area contributed by atoms with Gasteiger partial charge < -0.3 is 4.74 Å². The van der Waals surface area contributed by atoms with Crippen LogP contribution in [-0.4, -0.2) is 0 Å². The van der Waals surface area contributed by atoms with Crippen LogP contribution in [0.3, 0.4) is 0 Å². The summed E-state index contributed by atoms with van der Waals surface area (Å²) in [5.41, 5.74) is 4.33. The lowest BCUT2D eigenvalue weighted by molar-refractivity contribution is 0.283. The molecule has 20 heavy (non-hydrogen) atoms. The lowest BCUT2D eigenvalue weighted by atomic mass is 10.0. The van der Waals surface area contributed by atoms with Crippen LogP contribution in [0, 0.1) is 32.4 Å². The van der Waals surface area contributed by atoms with Crippen LogP contribution in [-0.2, 0) is 6.61 Å². The van der Waals surface area contributed by atoms with Gasteiger partial charge in [0.2, 0.25) is 5.82 Å². The summed E-state index contributed by atoms with van der Waals surface area (Å²) in [5, 5.41) is 0. The summed E-state index contributed by atoms with van der Waals surface area (Å²) in [4.78, 5) is 0. The van der Waals surface area contributed by atoms with E-state index >= 15 is 0 Å². The van der Waals surface area contributed by atoms with E-state index in [1.165, 1.54) is 11.6 Å². The predicted molar refractivity (Wildman–Crippen MR) is 79.0 cm³/mol. The Balaban J connectivity index is 2.26. The molecule has 0 saturated carbocycles. The maximum Gasteiger partial charge on any atom is 0.200 e. The number of hydrogen-bond donors (Lipinski definition) is 0. The van der Waals surface area contributed by atoms with E-state index in [1.807, 2.05) is 32.9 Å². The van der Waals surface area contributed by atoms with Crippen molar-refractivity contribution in [2.45, 2.75) is 27.4 Å². The van der Waals surface area contributed by atoms with Crippen LogP contribution >= 0.6 is 15.9 Å². The number of benzene rings is 2. The van der Waals surface area contributed by atoms with Gasteiger partial charge in [0.05, 0.1) is 0 Å². The minimum atomic E-state index is -0.962. The normalized spacial score (nSPS) is 10.7. The third-order valence-electron chi connectivity index (χ3n) is 3.17. The van der Waals surface area contributed by atoms with E-state index in [0.717, 1.165) is 22.8 Å². The molecule has 0 saturated heterocycles. The zero-order valence-electron chi connectivity index (χ0n) is 11.6. The molecule has 0 aliphatic carbocycles. The van der Waals surface area contributed by atoms with Crippen molar-refractivity contribution in [1.82, 2.24) is 0 Å². The van der Waals surface area contributed by atoms with Crippen molar-refractivity contribution in [3.8, 4) is 5.75 Å². The van der Waals surface area contributed by atoms with Crippen LogP contribution in [0.5, 0.6) is 5.75 Å². The molecule has 2 aromatic carbocycles. The van der Waals surface area contributed by atoms with Gasteiger partial charge in [0.1, 0.15) is 6.61 Å². The van der Waals surface area contributed by atoms with Gasteiger partial charge in [0.25, 0.3) is 0 Å². The van der Waals surface area contributed by atoms with E-state index in [2.05, 4.69) is 15.9 Å². The smallest absolute Gasteiger partial charge is 0.200 e. The van der Waals surface area contributed by atoms with Crippen LogP contribution in [0.4, 0.5) is 8.78 Å². The Morgan fingerprint density at radius 1 is 1.00 bits per heavy atom. The molecule has 0 heterocycles. The predicted octanol–water partition coefficient (Wildman–Crippen LogP) is 5.23. The molecular weight excluding hydrogens is 326 g/mol. The van der Waals surface area contributed by atoms with Crippen molar-refractivity contribution >= 4 is 15.9 Å². The molecule has 0 amide bonds. The standard InChI is InChI=1S/C16H15BrF2O/c1-9-4-10(2)13(11(3)5-9)8-20-15-7-12(17)6-14(18)16(15)19/h4-7H,8H2,1-3H3. The van der Waals surface area contributed by atoms with E-state index in [9.17, 15) is 8.78 Å². The molecule has 0 radical (unpaired) electrons. The molecule has 1 nitrogen and oxygen atoms in total. The van der Waals surface area contributed by atoms with Crippen molar-refractivity contribution in [3.63, 3.8) is 0 Å². The molecular formula is C16H15BrF2O. The van der Waals surface area contributed by atoms with Gasteiger partial charge in [-0.25, -0.2) is 4.39 Å². The lowest BCUT2D eigenvalue weighted by Crippen LogP contribution is -2.03. The van der Waals surface area contributed by atoms with Crippen molar-refractivity contribution in [2.24, 2.45) is 0 Å². The maximum absolute atomic E-state index is 13.6. The number of ether oxygens (including phenoxy) is 1. The Morgan fingerprint density at radius 3 is 2.20 bits per heavy atom. The van der Waals surface area contributed by atoms with E-state index in [-0.39, 0.29) is 12.4 Å². The molecule has 0 aliphatic rings. The van der Waals surface area contributed by atoms with Crippen LogP contribution in [0.15, 0.2) is 28.7 Å². The first kappa shape index (κ1) is 15.0. The Bertz CT molecular complexity index is 630. The summed E-state index contributed by atoms with van der Waals surface area (Å²) in [6.07, 6.45) is 0. The van der Waals surface area contributed by atoms with Crippen molar-refractivity contribution in [2.75, 3.05) is 0 Å². The van der Waals surface area contributed by atoms with Crippen molar-refractivity contribution < 1.29 is 13.5 Å². The summed E-state index contributed by atoms with van der Waals surface area (Å²) < 4.78 is 32.8. The summed E-state index contributed by atoms with van der Waals surface area (Å²) in [6.45, 7) is 6.20. The first-order valence-electron chi connectivity index (χ1n) is 6.22. The van der Waals surface area contributed by atoms with Crippen LogP contribution in [0.2, 0.25) is 0 Å². The number of aryl methyl sites for hydroxylation is 3. The van der Waals surface area contributed by atoms with Gasteiger partial charge in [-0.2, -0.15) is 4.39 Å². The van der Waals surface area contributed by atoms with E-state index < -0.39 is 11.6 Å². The molecule has 106 valence electrons. The van der Waals surface area contributed by atoms with Gasteiger partial charge in [-0.3, -0.25) is 0 Å². The second-order valence-corrected chi connectivity index (χ2v) is 5.78. The molecule has 0 aliphatic heterocycles. The van der Waals surface area contributed by atoms with E-state index in [1.54, 1.807) is 0 Å². The fourth-order valence-corrected chi connectivity index (χ4v) is 2.63. The summed E-state index contributed by atoms with van der Waals surface area (Å²) in [6, 6.07) is 6.59. The Labute approximate surface area is 125 Å². The Morgan fingerprint density at radius 2 is 1.60 bits per heavy atom. The highest BCUT2D eigenvalue weighted by molar-refractivity contribution is 9.10. The average Bonchev–Trinajstić information content (AvgIpc) is 2.33. The molecule has 0 fully saturated rings. The topological polar surface area (TPSA) is 9.23 Å². The molecule has 0 bridgehead atoms. The maximum atomic E-state index is 13.6. The molecule has 0 N–H and O–H groups in total. The second kappa shape index (κ2) is 5.92. The van der Waals surface area contributed by atoms with Crippen molar-refractivity contribution in [3.05, 3.63) is 62.6 Å². The largest absolute Gasteiger partial charge is 0.486 e. The van der Waals surface area contributed by atoms with Gasteiger partial charge in [-0.15, -0.1) is 0 Å². The van der Waals surface area contributed by atoms with Gasteiger partial charge in [0.15, 0.2) is 11.6 Å². The molecule has 4 heteroatoms. The Hall–Kier alpha value is -1.42. The summed E-state index contributed by atoms with van der Waals surface area (Å²) in [5.74, 6) is -1.97. The van der Waals surface area contributed by atoms with Gasteiger partial charge in [-0.05, 0) is 49.6 Å². The van der Waals surface area contributed by atoms with Crippen LogP contribution in [0.25, 0.3) is 0 Å². The second-order valence-electron chi connectivity index (χ2n) is 4.87. The SMILES string of the molecule is Cc1cc(C)c(COc2cc(Br)cc(F)c2F)c(C)c1. The minimum absolute atomic E-state index is 0.0868. The molecule has 0 aromatic heterocycles. The zero-order chi connectivity index (χ0) is 14.9. The summed E-state index contributed by atoms with van der Waals surface area (Å²) >= 11 is 3.13. The minimum Gasteiger partial charge on any atom is -0.486 e. The average molecular weight is 341 g/mol. The van der Waals surface area contributed by atoms with Gasteiger partial charge in [-0.1, -0.05) is 33.6 Å². The van der Waals surface area contributed by atoms with Gasteiger partial charge in [0, 0.05) is 4.47 Å². The number of halogens is 3. The molecule has 0 unspecified atom stereocenters. The fourth-order valence-electron chi connectivity index (χ4n) is 2.22. The first-order valence-corrected chi connectivity index (χ1v) is 7.02. The quantitative estimate of drug-likeness (QED) is 0.695. The van der Waals surface area contributed by atoms with E-state index in [4.69, 9.17) is 4.74 Å². The highest BCUT2D eigenvalue weighted by atomic mass is 79.9. The third-order valence-corrected chi connectivity index (χ3v) is 3.63. The number of hydrogen-bond acceptors (Lipinski definition) is 1. The highest BCUT2D eigenvalue weighted by Crippen LogP contribution is 2.27. The third kappa shape index (κ3) is 3.18. The van der Waals surface area contributed by atoms with E-state index in [0.29, 0.717) is 4.47 Å². The molecule has 2 aromatic rings. The van der Waals surface area contributed by atoms with Crippen molar-refractivity contribution in [1.29, 1.82) is 0 Å². The number of rotatable bonds is 3. The Kier molecular flexibility index (Phi) is 4.43. The summed E-state index contributed by atoms with van der Waals surface area (Å²) in [7, 11) is 0. The van der Waals surface area contributed by atoms with Crippen LogP contribution in [0.1, 0.15) is 22.3 Å². The molecule has 0 atom stereocenters. The van der Waals surface area contributed by atoms with Crippen LogP contribution < -0.4 is 4.74 Å².